The van der Waals surface area contributed by atoms with Gasteiger partial charge in [0.25, 0.3) is 5.89 Å². The summed E-state index contributed by atoms with van der Waals surface area (Å²) in [5.41, 5.74) is 0.580. The average Bonchev–Trinajstić information content (AvgIpc) is 2.76. The van der Waals surface area contributed by atoms with Gasteiger partial charge in [0, 0.05) is 12.6 Å². The van der Waals surface area contributed by atoms with Crippen molar-refractivity contribution in [2.24, 2.45) is 0 Å². The molecule has 1 N–H and O–H groups in total. The minimum atomic E-state index is -0.891. The Morgan fingerprint density at radius 2 is 2.25 bits per heavy atom. The van der Waals surface area contributed by atoms with Gasteiger partial charge in [-0.3, -0.25) is 9.78 Å². The molecule has 0 radical (unpaired) electrons. The maximum Gasteiger partial charge on any atom is 0.303 e. The molecule has 0 fully saturated rings. The molecule has 0 aliphatic heterocycles. The van der Waals surface area contributed by atoms with Crippen LogP contribution in [0.1, 0.15) is 12.3 Å². The highest BCUT2D eigenvalue weighted by molar-refractivity contribution is 5.66. The lowest BCUT2D eigenvalue weighted by Crippen LogP contribution is -1.97. The van der Waals surface area contributed by atoms with Gasteiger partial charge < -0.3 is 9.52 Å². The van der Waals surface area contributed by atoms with E-state index in [0.29, 0.717) is 17.5 Å². The fraction of sp³-hybridized carbons (Fsp3) is 0.200. The topological polar surface area (TPSA) is 89.1 Å². The third-order valence-electron chi connectivity index (χ3n) is 1.90. The molecule has 2 aromatic rings. The lowest BCUT2D eigenvalue weighted by Gasteiger charge is -1.91. The van der Waals surface area contributed by atoms with Crippen LogP contribution in [-0.2, 0) is 11.2 Å². The van der Waals surface area contributed by atoms with Crippen molar-refractivity contribution in [3.05, 3.63) is 30.3 Å². The van der Waals surface area contributed by atoms with Gasteiger partial charge >= 0.3 is 5.97 Å². The highest BCUT2D eigenvalue weighted by Gasteiger charge is 2.10. The van der Waals surface area contributed by atoms with Crippen LogP contribution in [0, 0.1) is 0 Å². The van der Waals surface area contributed by atoms with Crippen LogP contribution in [0.3, 0.4) is 0 Å². The Morgan fingerprint density at radius 1 is 1.38 bits per heavy atom. The smallest absolute Gasteiger partial charge is 0.303 e. The van der Waals surface area contributed by atoms with E-state index in [1.54, 1.807) is 18.3 Å². The number of aliphatic carboxylic acids is 1. The first-order valence-electron chi connectivity index (χ1n) is 4.71. The summed E-state index contributed by atoms with van der Waals surface area (Å²) in [5.74, 6) is -0.276. The van der Waals surface area contributed by atoms with Crippen LogP contribution in [-0.4, -0.2) is 26.3 Å². The van der Waals surface area contributed by atoms with Crippen molar-refractivity contribution < 1.29 is 14.3 Å². The minimum Gasteiger partial charge on any atom is -0.481 e. The second-order valence-corrected chi connectivity index (χ2v) is 3.11. The van der Waals surface area contributed by atoms with Gasteiger partial charge in [-0.25, -0.2) is 0 Å². The first-order chi connectivity index (χ1) is 7.75. The van der Waals surface area contributed by atoms with E-state index in [1.165, 1.54) is 0 Å². The molecule has 2 rings (SSSR count). The number of hydrogen-bond acceptors (Lipinski definition) is 5. The largest absolute Gasteiger partial charge is 0.481 e. The van der Waals surface area contributed by atoms with Crippen LogP contribution in [0.25, 0.3) is 11.6 Å². The van der Waals surface area contributed by atoms with E-state index in [-0.39, 0.29) is 12.8 Å². The van der Waals surface area contributed by atoms with Gasteiger partial charge in [-0.15, -0.1) is 10.2 Å². The van der Waals surface area contributed by atoms with Crippen molar-refractivity contribution in [1.82, 2.24) is 15.2 Å². The monoisotopic (exact) mass is 219 g/mol. The molecule has 6 heteroatoms. The molecule has 0 bridgehead atoms. The maximum absolute atomic E-state index is 10.3. The summed E-state index contributed by atoms with van der Waals surface area (Å²) < 4.78 is 5.27. The molecule has 0 amide bonds. The summed E-state index contributed by atoms with van der Waals surface area (Å²) in [6.07, 6.45) is 1.83. The van der Waals surface area contributed by atoms with Crippen molar-refractivity contribution in [2.75, 3.05) is 0 Å². The number of pyridine rings is 1. The lowest BCUT2D eigenvalue weighted by atomic mass is 10.3. The van der Waals surface area contributed by atoms with Crippen molar-refractivity contribution in [3.8, 4) is 11.6 Å². The van der Waals surface area contributed by atoms with Gasteiger partial charge in [0.15, 0.2) is 0 Å². The molecule has 0 aliphatic carbocycles. The normalized spacial score (nSPS) is 10.2. The molecule has 2 heterocycles. The van der Waals surface area contributed by atoms with Crippen LogP contribution in [0.15, 0.2) is 28.8 Å². The molecule has 6 nitrogen and oxygen atoms in total. The molecule has 16 heavy (non-hydrogen) atoms. The van der Waals surface area contributed by atoms with Crippen LogP contribution < -0.4 is 0 Å². The van der Waals surface area contributed by atoms with E-state index in [0.717, 1.165) is 0 Å². The molecule has 0 saturated heterocycles. The second-order valence-electron chi connectivity index (χ2n) is 3.11. The molecule has 0 spiro atoms. The van der Waals surface area contributed by atoms with Crippen LogP contribution >= 0.6 is 0 Å². The van der Waals surface area contributed by atoms with Crippen LogP contribution in [0.5, 0.6) is 0 Å². The molecule has 0 aromatic carbocycles. The number of hydrogen-bond donors (Lipinski definition) is 1. The average molecular weight is 219 g/mol. The molecule has 82 valence electrons. The highest BCUT2D eigenvalue weighted by Crippen LogP contribution is 2.14. The Labute approximate surface area is 91.0 Å². The Kier molecular flexibility index (Phi) is 2.90. The number of rotatable bonds is 4. The highest BCUT2D eigenvalue weighted by atomic mass is 16.4. The number of carboxylic acids is 1. The van der Waals surface area contributed by atoms with Crippen molar-refractivity contribution in [1.29, 1.82) is 0 Å². The summed E-state index contributed by atoms with van der Waals surface area (Å²) in [7, 11) is 0. The number of aromatic nitrogens is 3. The number of aryl methyl sites for hydroxylation is 1. The molecular weight excluding hydrogens is 210 g/mol. The molecular formula is C10H9N3O3. The molecule has 0 aliphatic rings. The Balaban J connectivity index is 2.11. The van der Waals surface area contributed by atoms with Crippen molar-refractivity contribution in [3.63, 3.8) is 0 Å². The fourth-order valence-corrected chi connectivity index (χ4v) is 1.16. The Morgan fingerprint density at radius 3 is 2.94 bits per heavy atom. The third-order valence-corrected chi connectivity index (χ3v) is 1.90. The predicted octanol–water partition coefficient (Wildman–Crippen LogP) is 1.15. The van der Waals surface area contributed by atoms with E-state index >= 15 is 0 Å². The maximum atomic E-state index is 10.3. The van der Waals surface area contributed by atoms with E-state index < -0.39 is 5.97 Å². The first kappa shape index (κ1) is 10.3. The summed E-state index contributed by atoms with van der Waals surface area (Å²) >= 11 is 0. The lowest BCUT2D eigenvalue weighted by molar-refractivity contribution is -0.137. The third kappa shape index (κ3) is 2.41. The molecule has 0 unspecified atom stereocenters. The van der Waals surface area contributed by atoms with Gasteiger partial charge in [0.05, 0.1) is 6.42 Å². The van der Waals surface area contributed by atoms with Gasteiger partial charge in [0.2, 0.25) is 5.89 Å². The Bertz CT molecular complexity index is 481. The summed E-state index contributed by atoms with van der Waals surface area (Å²) in [6.45, 7) is 0. The van der Waals surface area contributed by atoms with E-state index in [4.69, 9.17) is 9.52 Å². The zero-order chi connectivity index (χ0) is 11.4. The van der Waals surface area contributed by atoms with E-state index in [1.807, 2.05) is 6.07 Å². The zero-order valence-corrected chi connectivity index (χ0v) is 8.33. The minimum absolute atomic E-state index is 0.0240. The van der Waals surface area contributed by atoms with Gasteiger partial charge in [-0.1, -0.05) is 6.07 Å². The van der Waals surface area contributed by atoms with E-state index in [2.05, 4.69) is 15.2 Å². The number of nitrogens with zero attached hydrogens (tertiary/aromatic N) is 3. The summed E-state index contributed by atoms with van der Waals surface area (Å²) in [6, 6.07) is 5.34. The molecule has 2 aromatic heterocycles. The van der Waals surface area contributed by atoms with Gasteiger partial charge in [0.1, 0.15) is 5.69 Å². The predicted molar refractivity (Wildman–Crippen MR) is 53.5 cm³/mol. The molecule has 0 atom stereocenters. The van der Waals surface area contributed by atoms with Crippen molar-refractivity contribution in [2.45, 2.75) is 12.8 Å². The summed E-state index contributed by atoms with van der Waals surface area (Å²) in [4.78, 5) is 14.4. The number of carboxylic acid groups (broad SMARTS) is 1. The molecule has 0 saturated carbocycles. The fourth-order valence-electron chi connectivity index (χ4n) is 1.16. The standard InChI is InChI=1S/C10H9N3O3/c14-9(15)5-4-8-12-13-10(16-8)7-3-1-2-6-11-7/h1-3,6H,4-5H2,(H,14,15). The first-order valence-corrected chi connectivity index (χ1v) is 4.71. The Hall–Kier alpha value is -2.24. The van der Waals surface area contributed by atoms with Crippen LogP contribution in [0.4, 0.5) is 0 Å². The summed E-state index contributed by atoms with van der Waals surface area (Å²) in [5, 5.41) is 16.0. The second kappa shape index (κ2) is 4.52. The van der Waals surface area contributed by atoms with Crippen molar-refractivity contribution >= 4 is 5.97 Å². The quantitative estimate of drug-likeness (QED) is 0.829. The van der Waals surface area contributed by atoms with E-state index in [9.17, 15) is 4.79 Å². The SMILES string of the molecule is O=C(O)CCc1nnc(-c2ccccn2)o1. The van der Waals surface area contributed by atoms with Crippen LogP contribution in [0.2, 0.25) is 0 Å². The van der Waals surface area contributed by atoms with Gasteiger partial charge in [-0.2, -0.15) is 0 Å². The van der Waals surface area contributed by atoms with Gasteiger partial charge in [-0.05, 0) is 12.1 Å². The zero-order valence-electron chi connectivity index (χ0n) is 8.33. The number of carbonyl (C=O) groups is 1.